The van der Waals surface area contributed by atoms with E-state index in [1.807, 2.05) is 35.0 Å². The lowest BCUT2D eigenvalue weighted by atomic mass is 10.0. The van der Waals surface area contributed by atoms with Crippen molar-refractivity contribution >= 4 is 11.6 Å². The molecule has 1 aromatic heterocycles. The minimum absolute atomic E-state index is 0.00756. The average Bonchev–Trinajstić information content (AvgIpc) is 3.09. The van der Waals surface area contributed by atoms with E-state index in [-0.39, 0.29) is 17.9 Å². The number of imidazole rings is 1. The van der Waals surface area contributed by atoms with Crippen LogP contribution in [-0.4, -0.2) is 21.5 Å². The van der Waals surface area contributed by atoms with Crippen LogP contribution in [-0.2, 0) is 4.79 Å². The molecule has 2 atom stereocenters. The number of carbonyl (C=O) groups excluding carboxylic acids is 1. The molecule has 1 fully saturated rings. The normalized spacial score (nSPS) is 21.9. The number of hydrogen-bond acceptors (Lipinski definition) is 3. The highest BCUT2D eigenvalue weighted by Gasteiger charge is 2.30. The van der Waals surface area contributed by atoms with Gasteiger partial charge in [0.05, 0.1) is 12.2 Å². The summed E-state index contributed by atoms with van der Waals surface area (Å²) in [7, 11) is 0. The summed E-state index contributed by atoms with van der Waals surface area (Å²) < 4.78 is 1.90. The Hall–Kier alpha value is -2.14. The standard InChI is InChI=1S/C15H18N4O/c16-14-6-2-5-13(14)15(20)18-11-3-1-4-12(9-11)19-8-7-17-10-19/h1,3-4,7-10,13-14H,2,5-6,16H2,(H,18,20). The van der Waals surface area contributed by atoms with Crippen LogP contribution >= 0.6 is 0 Å². The minimum atomic E-state index is -0.0631. The van der Waals surface area contributed by atoms with Crippen LogP contribution in [0.2, 0.25) is 0 Å². The molecule has 1 saturated carbocycles. The van der Waals surface area contributed by atoms with E-state index in [9.17, 15) is 4.79 Å². The summed E-state index contributed by atoms with van der Waals surface area (Å²) in [5, 5.41) is 2.96. The number of hydrogen-bond donors (Lipinski definition) is 2. The Morgan fingerprint density at radius 2 is 2.30 bits per heavy atom. The maximum Gasteiger partial charge on any atom is 0.229 e. The molecule has 104 valence electrons. The molecule has 5 heteroatoms. The van der Waals surface area contributed by atoms with Gasteiger partial charge in [0.1, 0.15) is 0 Å². The zero-order valence-corrected chi connectivity index (χ0v) is 11.2. The van der Waals surface area contributed by atoms with Crippen molar-refractivity contribution < 1.29 is 4.79 Å². The Morgan fingerprint density at radius 1 is 1.40 bits per heavy atom. The molecule has 0 radical (unpaired) electrons. The number of aromatic nitrogens is 2. The molecule has 0 spiro atoms. The predicted octanol–water partition coefficient (Wildman–Crippen LogP) is 1.94. The van der Waals surface area contributed by atoms with Crippen LogP contribution in [0.3, 0.4) is 0 Å². The zero-order chi connectivity index (χ0) is 13.9. The summed E-state index contributed by atoms with van der Waals surface area (Å²) in [6.07, 6.45) is 8.18. The number of rotatable bonds is 3. The van der Waals surface area contributed by atoms with Gasteiger partial charge in [0, 0.05) is 29.8 Å². The van der Waals surface area contributed by atoms with Crippen LogP contribution in [0.15, 0.2) is 43.0 Å². The fourth-order valence-corrected chi connectivity index (χ4v) is 2.71. The van der Waals surface area contributed by atoms with E-state index in [1.54, 1.807) is 12.5 Å². The molecule has 1 aliphatic carbocycles. The molecule has 1 heterocycles. The van der Waals surface area contributed by atoms with Gasteiger partial charge in [-0.15, -0.1) is 0 Å². The number of anilines is 1. The fourth-order valence-electron chi connectivity index (χ4n) is 2.71. The Labute approximate surface area is 117 Å². The molecule has 1 aliphatic rings. The quantitative estimate of drug-likeness (QED) is 0.895. The highest BCUT2D eigenvalue weighted by molar-refractivity contribution is 5.93. The molecular weight excluding hydrogens is 252 g/mol. The van der Waals surface area contributed by atoms with E-state index in [2.05, 4.69) is 10.3 Å². The first kappa shape index (κ1) is 12.9. The second kappa shape index (κ2) is 5.46. The molecule has 1 amide bonds. The Bertz CT molecular complexity index is 594. The predicted molar refractivity (Wildman–Crippen MR) is 77.5 cm³/mol. The van der Waals surface area contributed by atoms with Gasteiger partial charge in [-0.25, -0.2) is 4.98 Å². The second-order valence-electron chi connectivity index (χ2n) is 5.21. The van der Waals surface area contributed by atoms with Crippen molar-refractivity contribution in [1.29, 1.82) is 0 Å². The van der Waals surface area contributed by atoms with Gasteiger partial charge < -0.3 is 15.6 Å². The van der Waals surface area contributed by atoms with Crippen LogP contribution in [0.5, 0.6) is 0 Å². The summed E-state index contributed by atoms with van der Waals surface area (Å²) in [4.78, 5) is 16.2. The van der Waals surface area contributed by atoms with Crippen molar-refractivity contribution in [2.75, 3.05) is 5.32 Å². The van der Waals surface area contributed by atoms with E-state index >= 15 is 0 Å². The third kappa shape index (κ3) is 2.58. The van der Waals surface area contributed by atoms with Crippen LogP contribution < -0.4 is 11.1 Å². The maximum atomic E-state index is 12.2. The summed E-state index contributed by atoms with van der Waals surface area (Å²) in [6.45, 7) is 0. The smallest absolute Gasteiger partial charge is 0.229 e. The largest absolute Gasteiger partial charge is 0.327 e. The van der Waals surface area contributed by atoms with Crippen LogP contribution in [0.25, 0.3) is 5.69 Å². The number of nitrogens with one attached hydrogen (secondary N) is 1. The molecule has 0 aliphatic heterocycles. The lowest BCUT2D eigenvalue weighted by Gasteiger charge is -2.15. The van der Waals surface area contributed by atoms with Crippen LogP contribution in [0, 0.1) is 5.92 Å². The van der Waals surface area contributed by atoms with Gasteiger partial charge in [-0.3, -0.25) is 4.79 Å². The number of amides is 1. The van der Waals surface area contributed by atoms with Gasteiger partial charge in [0.15, 0.2) is 0 Å². The Balaban J connectivity index is 1.74. The van der Waals surface area contributed by atoms with E-state index < -0.39 is 0 Å². The maximum absolute atomic E-state index is 12.2. The third-order valence-electron chi connectivity index (χ3n) is 3.82. The summed E-state index contributed by atoms with van der Waals surface area (Å²) in [6, 6.07) is 7.70. The minimum Gasteiger partial charge on any atom is -0.327 e. The van der Waals surface area contributed by atoms with E-state index in [0.29, 0.717) is 0 Å². The molecule has 0 saturated heterocycles. The lowest BCUT2D eigenvalue weighted by Crippen LogP contribution is -2.34. The van der Waals surface area contributed by atoms with Crippen molar-refractivity contribution in [3.63, 3.8) is 0 Å². The monoisotopic (exact) mass is 270 g/mol. The highest BCUT2D eigenvalue weighted by Crippen LogP contribution is 2.25. The van der Waals surface area contributed by atoms with Crippen LogP contribution in [0.4, 0.5) is 5.69 Å². The summed E-state index contributed by atoms with van der Waals surface area (Å²) in [5.41, 5.74) is 7.73. The molecular formula is C15H18N4O. The molecule has 2 unspecified atom stereocenters. The van der Waals surface area contributed by atoms with E-state index in [4.69, 9.17) is 5.73 Å². The first-order chi connectivity index (χ1) is 9.74. The molecule has 0 bridgehead atoms. The highest BCUT2D eigenvalue weighted by atomic mass is 16.1. The van der Waals surface area contributed by atoms with Crippen LogP contribution in [0.1, 0.15) is 19.3 Å². The summed E-state index contributed by atoms with van der Waals surface area (Å²) in [5.74, 6) is -0.0373. The third-order valence-corrected chi connectivity index (χ3v) is 3.82. The van der Waals surface area contributed by atoms with Gasteiger partial charge >= 0.3 is 0 Å². The Kier molecular flexibility index (Phi) is 3.52. The molecule has 5 nitrogen and oxygen atoms in total. The van der Waals surface area contributed by atoms with Crippen molar-refractivity contribution in [2.45, 2.75) is 25.3 Å². The second-order valence-corrected chi connectivity index (χ2v) is 5.21. The van der Waals surface area contributed by atoms with Gasteiger partial charge in [0.25, 0.3) is 0 Å². The number of nitrogens with zero attached hydrogens (tertiary/aromatic N) is 2. The number of carbonyl (C=O) groups is 1. The van der Waals surface area contributed by atoms with Crippen molar-refractivity contribution in [3.05, 3.63) is 43.0 Å². The van der Waals surface area contributed by atoms with Crippen molar-refractivity contribution in [1.82, 2.24) is 9.55 Å². The Morgan fingerprint density at radius 3 is 3.00 bits per heavy atom. The van der Waals surface area contributed by atoms with Crippen molar-refractivity contribution in [3.8, 4) is 5.69 Å². The summed E-state index contributed by atoms with van der Waals surface area (Å²) >= 11 is 0. The van der Waals surface area contributed by atoms with Gasteiger partial charge in [-0.2, -0.15) is 0 Å². The molecule has 3 N–H and O–H groups in total. The molecule has 20 heavy (non-hydrogen) atoms. The van der Waals surface area contributed by atoms with Crippen molar-refractivity contribution in [2.24, 2.45) is 11.7 Å². The molecule has 1 aromatic carbocycles. The number of benzene rings is 1. The fraction of sp³-hybridized carbons (Fsp3) is 0.333. The van der Waals surface area contributed by atoms with Gasteiger partial charge in [-0.1, -0.05) is 12.5 Å². The zero-order valence-electron chi connectivity index (χ0n) is 11.2. The van der Waals surface area contributed by atoms with Gasteiger partial charge in [0.2, 0.25) is 5.91 Å². The first-order valence-corrected chi connectivity index (χ1v) is 6.89. The first-order valence-electron chi connectivity index (χ1n) is 6.89. The van der Waals surface area contributed by atoms with Gasteiger partial charge in [-0.05, 0) is 31.0 Å². The SMILES string of the molecule is NC1CCCC1C(=O)Nc1cccc(-n2ccnc2)c1. The van der Waals surface area contributed by atoms with E-state index in [0.717, 1.165) is 30.6 Å². The molecule has 3 rings (SSSR count). The average molecular weight is 270 g/mol. The number of nitrogens with two attached hydrogens (primary N) is 1. The van der Waals surface area contributed by atoms with E-state index in [1.165, 1.54) is 0 Å². The topological polar surface area (TPSA) is 72.9 Å². The lowest BCUT2D eigenvalue weighted by molar-refractivity contribution is -0.120. The molecule has 2 aromatic rings.